The number of hydrogen-bond donors (Lipinski definition) is 2. The first-order chi connectivity index (χ1) is 11.9. The average molecular weight is 341 g/mol. The Morgan fingerprint density at radius 1 is 1.40 bits per heavy atom. The van der Waals surface area contributed by atoms with Gasteiger partial charge in [-0.3, -0.25) is 4.99 Å². The number of aliphatic imine (C=N–C) groups is 1. The number of nitrogens with zero attached hydrogens (tertiary/aromatic N) is 2. The van der Waals surface area contributed by atoms with E-state index in [9.17, 15) is 4.79 Å². The quantitative estimate of drug-likeness (QED) is 0.389. The molecule has 1 rings (SSSR count). The molecule has 0 spiro atoms. The Hall–Kier alpha value is -2.66. The summed E-state index contributed by atoms with van der Waals surface area (Å²) < 4.78 is 0. The van der Waals surface area contributed by atoms with Gasteiger partial charge in [0.15, 0.2) is 0 Å². The molecular formula is C20H27N3O2. The second-order valence-corrected chi connectivity index (χ2v) is 6.00. The average Bonchev–Trinajstić information content (AvgIpc) is 2.57. The van der Waals surface area contributed by atoms with Gasteiger partial charge in [0, 0.05) is 30.7 Å². The maximum atomic E-state index is 10.6. The molecule has 0 bridgehead atoms. The van der Waals surface area contributed by atoms with E-state index in [0.29, 0.717) is 0 Å². The number of nitrogens with one attached hydrogen (secondary N) is 1. The number of allylic oxidation sites excluding steroid dienone is 2. The Morgan fingerprint density at radius 2 is 2.16 bits per heavy atom. The van der Waals surface area contributed by atoms with Crippen LogP contribution in [0.3, 0.4) is 0 Å². The lowest BCUT2D eigenvalue weighted by molar-refractivity contribution is -0.131. The minimum Gasteiger partial charge on any atom is -0.478 e. The molecule has 0 radical (unpaired) electrons. The summed E-state index contributed by atoms with van der Waals surface area (Å²) in [6.07, 6.45) is 7.22. The third-order valence-corrected chi connectivity index (χ3v) is 3.36. The van der Waals surface area contributed by atoms with Crippen molar-refractivity contribution in [3.8, 4) is 0 Å². The summed E-state index contributed by atoms with van der Waals surface area (Å²) in [6, 6.07) is 7.50. The zero-order valence-electron chi connectivity index (χ0n) is 15.2. The first-order valence-corrected chi connectivity index (χ1v) is 8.17. The van der Waals surface area contributed by atoms with E-state index in [1.807, 2.05) is 31.2 Å². The molecule has 0 aliphatic heterocycles. The van der Waals surface area contributed by atoms with E-state index in [-0.39, 0.29) is 0 Å². The van der Waals surface area contributed by atoms with Crippen molar-refractivity contribution in [1.82, 2.24) is 10.2 Å². The molecule has 0 amide bonds. The highest BCUT2D eigenvalue weighted by atomic mass is 16.4. The van der Waals surface area contributed by atoms with Crippen LogP contribution in [0.4, 0.5) is 0 Å². The summed E-state index contributed by atoms with van der Waals surface area (Å²) in [5, 5.41) is 12.0. The highest BCUT2D eigenvalue weighted by Gasteiger charge is 1.97. The lowest BCUT2D eigenvalue weighted by Crippen LogP contribution is -2.20. The van der Waals surface area contributed by atoms with Crippen LogP contribution in [-0.4, -0.2) is 49.4 Å². The van der Waals surface area contributed by atoms with E-state index in [1.165, 1.54) is 0 Å². The van der Waals surface area contributed by atoms with Crippen LogP contribution < -0.4 is 5.32 Å². The number of carbonyl (C=O) groups is 1. The Labute approximate surface area is 150 Å². The number of benzene rings is 1. The number of carboxylic acid groups (broad SMARTS) is 1. The normalized spacial score (nSPS) is 12.2. The van der Waals surface area contributed by atoms with E-state index >= 15 is 0 Å². The monoisotopic (exact) mass is 341 g/mol. The molecular weight excluding hydrogens is 314 g/mol. The SMILES string of the molecule is C=C(/C=N\C=C(/C)NCCCN(C)C)c1cccc(/C=C/C(=O)O)c1. The van der Waals surface area contributed by atoms with Crippen molar-refractivity contribution >= 4 is 23.8 Å². The summed E-state index contributed by atoms with van der Waals surface area (Å²) in [4.78, 5) is 17.0. The Morgan fingerprint density at radius 3 is 2.84 bits per heavy atom. The fourth-order valence-corrected chi connectivity index (χ4v) is 2.05. The molecule has 5 nitrogen and oxygen atoms in total. The number of hydrogen-bond acceptors (Lipinski definition) is 4. The van der Waals surface area contributed by atoms with Crippen molar-refractivity contribution < 1.29 is 9.90 Å². The largest absolute Gasteiger partial charge is 0.478 e. The van der Waals surface area contributed by atoms with Gasteiger partial charge in [-0.1, -0.05) is 24.8 Å². The Balaban J connectivity index is 2.57. The number of aliphatic carboxylic acids is 1. The smallest absolute Gasteiger partial charge is 0.328 e. The lowest BCUT2D eigenvalue weighted by Gasteiger charge is -2.10. The highest BCUT2D eigenvalue weighted by molar-refractivity contribution is 6.09. The summed E-state index contributed by atoms with van der Waals surface area (Å²) in [7, 11) is 4.12. The molecule has 0 saturated carbocycles. The van der Waals surface area contributed by atoms with E-state index in [2.05, 4.69) is 35.9 Å². The first-order valence-electron chi connectivity index (χ1n) is 8.17. The third kappa shape index (κ3) is 9.27. The van der Waals surface area contributed by atoms with Crippen molar-refractivity contribution in [3.63, 3.8) is 0 Å². The zero-order chi connectivity index (χ0) is 18.7. The van der Waals surface area contributed by atoms with Crippen LogP contribution in [-0.2, 0) is 4.79 Å². The van der Waals surface area contributed by atoms with Gasteiger partial charge in [-0.2, -0.15) is 0 Å². The van der Waals surface area contributed by atoms with Crippen molar-refractivity contribution in [3.05, 3.63) is 59.9 Å². The lowest BCUT2D eigenvalue weighted by atomic mass is 10.1. The van der Waals surface area contributed by atoms with Crippen molar-refractivity contribution in [2.24, 2.45) is 4.99 Å². The van der Waals surface area contributed by atoms with Gasteiger partial charge in [-0.15, -0.1) is 0 Å². The van der Waals surface area contributed by atoms with Crippen molar-refractivity contribution in [1.29, 1.82) is 0 Å². The van der Waals surface area contributed by atoms with Crippen LogP contribution in [0.15, 0.2) is 53.8 Å². The molecule has 0 aliphatic carbocycles. The van der Waals surface area contributed by atoms with E-state index in [0.717, 1.165) is 48.0 Å². The maximum Gasteiger partial charge on any atom is 0.328 e. The third-order valence-electron chi connectivity index (χ3n) is 3.36. The minimum atomic E-state index is -0.968. The molecule has 5 heteroatoms. The van der Waals surface area contributed by atoms with E-state index < -0.39 is 5.97 Å². The molecule has 0 saturated heterocycles. The molecule has 0 aliphatic rings. The molecule has 134 valence electrons. The maximum absolute atomic E-state index is 10.6. The zero-order valence-corrected chi connectivity index (χ0v) is 15.2. The molecule has 0 aromatic heterocycles. The van der Waals surface area contributed by atoms with Crippen LogP contribution >= 0.6 is 0 Å². The fraction of sp³-hybridized carbons (Fsp3) is 0.300. The second kappa shape index (κ2) is 11.0. The van der Waals surface area contributed by atoms with Gasteiger partial charge < -0.3 is 15.3 Å². The molecule has 2 N–H and O–H groups in total. The van der Waals surface area contributed by atoms with E-state index in [1.54, 1.807) is 18.5 Å². The van der Waals surface area contributed by atoms with Crippen LogP contribution in [0.5, 0.6) is 0 Å². The first kappa shape index (κ1) is 20.4. The molecule has 0 fully saturated rings. The van der Waals surface area contributed by atoms with Crippen molar-refractivity contribution in [2.75, 3.05) is 27.2 Å². The molecule has 0 atom stereocenters. The fourth-order valence-electron chi connectivity index (χ4n) is 2.05. The molecule has 25 heavy (non-hydrogen) atoms. The van der Waals surface area contributed by atoms with Crippen LogP contribution in [0.2, 0.25) is 0 Å². The molecule has 0 heterocycles. The second-order valence-electron chi connectivity index (χ2n) is 6.00. The van der Waals surface area contributed by atoms with Crippen LogP contribution in [0.25, 0.3) is 11.6 Å². The standard InChI is InChI=1S/C20H27N3O2/c1-16(14-21-15-17(2)22-11-6-12-23(3)4)19-8-5-7-18(13-19)9-10-20(24)25/h5,7-10,13-15,22H,1,6,11-12H2,2-4H3,(H,24,25)/b10-9+,17-15+,21-14-. The predicted molar refractivity (Wildman–Crippen MR) is 106 cm³/mol. The molecule has 1 aromatic rings. The Bertz CT molecular complexity index is 673. The van der Waals surface area contributed by atoms with Gasteiger partial charge in [0.1, 0.15) is 0 Å². The summed E-state index contributed by atoms with van der Waals surface area (Å²) >= 11 is 0. The summed E-state index contributed by atoms with van der Waals surface area (Å²) in [5.41, 5.74) is 3.48. The van der Waals surface area contributed by atoms with Gasteiger partial charge in [0.25, 0.3) is 0 Å². The number of rotatable bonds is 10. The summed E-state index contributed by atoms with van der Waals surface area (Å²) in [5.74, 6) is -0.968. The summed E-state index contributed by atoms with van der Waals surface area (Å²) in [6.45, 7) is 7.95. The van der Waals surface area contributed by atoms with Gasteiger partial charge in [0.05, 0.1) is 0 Å². The van der Waals surface area contributed by atoms with Crippen molar-refractivity contribution in [2.45, 2.75) is 13.3 Å². The van der Waals surface area contributed by atoms with Gasteiger partial charge in [-0.05, 0) is 62.8 Å². The minimum absolute atomic E-state index is 0.766. The van der Waals surface area contributed by atoms with Gasteiger partial charge in [0.2, 0.25) is 0 Å². The topological polar surface area (TPSA) is 64.9 Å². The molecule has 1 aromatic carbocycles. The van der Waals surface area contributed by atoms with Crippen LogP contribution in [0.1, 0.15) is 24.5 Å². The highest BCUT2D eigenvalue weighted by Crippen LogP contribution is 2.14. The Kier molecular flexibility index (Phi) is 8.96. The van der Waals surface area contributed by atoms with Crippen LogP contribution in [0, 0.1) is 0 Å². The number of carboxylic acids is 1. The molecule has 0 unspecified atom stereocenters. The predicted octanol–water partition coefficient (Wildman–Crippen LogP) is 3.27. The van der Waals surface area contributed by atoms with Gasteiger partial charge >= 0.3 is 5.97 Å². The van der Waals surface area contributed by atoms with Gasteiger partial charge in [-0.25, -0.2) is 4.79 Å². The van der Waals surface area contributed by atoms with E-state index in [4.69, 9.17) is 5.11 Å².